The van der Waals surface area contributed by atoms with E-state index in [-0.39, 0.29) is 23.5 Å². The normalized spacial score (nSPS) is 10.7. The largest absolute Gasteiger partial charge is 0.476 e. The fourth-order valence-corrected chi connectivity index (χ4v) is 2.19. The zero-order valence-electron chi connectivity index (χ0n) is 11.6. The minimum absolute atomic E-state index is 0.0437. The first-order chi connectivity index (χ1) is 11.1. The number of rotatable bonds is 4. The molecule has 8 heteroatoms. The summed E-state index contributed by atoms with van der Waals surface area (Å²) >= 11 is 0. The molecule has 0 aliphatic rings. The van der Waals surface area contributed by atoms with Crippen molar-refractivity contribution in [2.24, 2.45) is 0 Å². The van der Waals surface area contributed by atoms with Gasteiger partial charge in [-0.05, 0) is 30.3 Å². The van der Waals surface area contributed by atoms with E-state index in [0.717, 1.165) is 18.2 Å². The van der Waals surface area contributed by atoms with E-state index in [1.165, 1.54) is 17.1 Å². The van der Waals surface area contributed by atoms with E-state index in [9.17, 15) is 18.7 Å². The van der Waals surface area contributed by atoms with Crippen LogP contribution in [0.25, 0.3) is 11.3 Å². The van der Waals surface area contributed by atoms with Crippen LogP contribution in [0.4, 0.5) is 8.78 Å². The highest BCUT2D eigenvalue weighted by molar-refractivity contribution is 5.92. The van der Waals surface area contributed by atoms with Crippen molar-refractivity contribution in [3.8, 4) is 11.3 Å². The Morgan fingerprint density at radius 3 is 2.61 bits per heavy atom. The summed E-state index contributed by atoms with van der Waals surface area (Å²) in [6.07, 6.45) is 2.97. The number of nitrogens with zero attached hydrogens (tertiary/aromatic N) is 4. The minimum Gasteiger partial charge on any atom is -0.476 e. The van der Waals surface area contributed by atoms with Crippen LogP contribution in [0.3, 0.4) is 0 Å². The van der Waals surface area contributed by atoms with Gasteiger partial charge in [-0.3, -0.25) is 4.98 Å². The fourth-order valence-electron chi connectivity index (χ4n) is 2.19. The lowest BCUT2D eigenvalue weighted by Crippen LogP contribution is -2.08. The molecule has 116 valence electrons. The third kappa shape index (κ3) is 2.91. The molecular formula is C15H10F2N4O2. The second kappa shape index (κ2) is 5.91. The van der Waals surface area contributed by atoms with Crippen LogP contribution in [-0.4, -0.2) is 31.1 Å². The highest BCUT2D eigenvalue weighted by Gasteiger charge is 2.21. The topological polar surface area (TPSA) is 80.9 Å². The maximum Gasteiger partial charge on any atom is 0.358 e. The van der Waals surface area contributed by atoms with Crippen LogP contribution in [0.1, 0.15) is 16.1 Å². The lowest BCUT2D eigenvalue weighted by Gasteiger charge is -2.08. The van der Waals surface area contributed by atoms with Gasteiger partial charge < -0.3 is 5.11 Å². The third-order valence-electron chi connectivity index (χ3n) is 3.22. The number of pyridine rings is 1. The van der Waals surface area contributed by atoms with Gasteiger partial charge in [-0.15, -0.1) is 5.10 Å². The van der Waals surface area contributed by atoms with E-state index in [1.54, 1.807) is 12.1 Å². The summed E-state index contributed by atoms with van der Waals surface area (Å²) in [7, 11) is 0. The van der Waals surface area contributed by atoms with Gasteiger partial charge >= 0.3 is 5.97 Å². The van der Waals surface area contributed by atoms with Crippen LogP contribution in [0.5, 0.6) is 0 Å². The summed E-state index contributed by atoms with van der Waals surface area (Å²) in [5.41, 5.74) is 0.484. The molecule has 0 bridgehead atoms. The molecule has 3 rings (SSSR count). The lowest BCUT2D eigenvalue weighted by molar-refractivity contribution is 0.0691. The molecule has 0 aliphatic carbocycles. The Morgan fingerprint density at radius 2 is 1.91 bits per heavy atom. The number of hydrogen-bond acceptors (Lipinski definition) is 4. The number of carboxylic acids is 1. The van der Waals surface area contributed by atoms with Crippen molar-refractivity contribution in [2.45, 2.75) is 6.54 Å². The summed E-state index contributed by atoms with van der Waals surface area (Å²) < 4.78 is 28.3. The molecule has 1 N–H and O–H groups in total. The van der Waals surface area contributed by atoms with E-state index in [1.807, 2.05) is 0 Å². The standard InChI is InChI=1S/C15H10F2N4O2/c16-11-1-2-12(17)10(7-11)8-21-14(9-3-5-18-6-4-9)13(15(22)23)19-20-21/h1-7H,8H2,(H,22,23). The molecular weight excluding hydrogens is 306 g/mol. The zero-order chi connectivity index (χ0) is 16.4. The average Bonchev–Trinajstić information content (AvgIpc) is 2.95. The summed E-state index contributed by atoms with van der Waals surface area (Å²) in [5.74, 6) is -2.47. The zero-order valence-corrected chi connectivity index (χ0v) is 11.6. The van der Waals surface area contributed by atoms with Gasteiger partial charge in [0.1, 0.15) is 17.3 Å². The molecule has 0 unspecified atom stereocenters. The van der Waals surface area contributed by atoms with E-state index in [2.05, 4.69) is 15.3 Å². The minimum atomic E-state index is -1.26. The quantitative estimate of drug-likeness (QED) is 0.799. The number of halogens is 2. The monoisotopic (exact) mass is 316 g/mol. The van der Waals surface area contributed by atoms with Gasteiger partial charge in [-0.2, -0.15) is 0 Å². The Balaban J connectivity index is 2.10. The van der Waals surface area contributed by atoms with Crippen LogP contribution in [0, 0.1) is 11.6 Å². The molecule has 0 saturated heterocycles. The maximum absolute atomic E-state index is 13.8. The molecule has 2 aromatic heterocycles. The first-order valence-electron chi connectivity index (χ1n) is 6.57. The van der Waals surface area contributed by atoms with Crippen molar-refractivity contribution in [2.75, 3.05) is 0 Å². The maximum atomic E-state index is 13.8. The molecule has 0 spiro atoms. The highest BCUT2D eigenvalue weighted by Crippen LogP contribution is 2.23. The van der Waals surface area contributed by atoms with Crippen molar-refractivity contribution in [1.82, 2.24) is 20.0 Å². The number of aromatic nitrogens is 4. The molecule has 0 atom stereocenters. The second-order valence-electron chi connectivity index (χ2n) is 4.72. The highest BCUT2D eigenvalue weighted by atomic mass is 19.1. The van der Waals surface area contributed by atoms with Crippen LogP contribution >= 0.6 is 0 Å². The first-order valence-corrected chi connectivity index (χ1v) is 6.57. The lowest BCUT2D eigenvalue weighted by atomic mass is 10.1. The van der Waals surface area contributed by atoms with E-state index in [4.69, 9.17) is 0 Å². The van der Waals surface area contributed by atoms with E-state index < -0.39 is 17.6 Å². The molecule has 0 amide bonds. The molecule has 3 aromatic rings. The molecule has 0 saturated carbocycles. The number of aromatic carboxylic acids is 1. The predicted octanol–water partition coefficient (Wildman–Crippen LogP) is 2.36. The third-order valence-corrected chi connectivity index (χ3v) is 3.22. The summed E-state index contributed by atoms with van der Waals surface area (Å²) in [4.78, 5) is 15.2. The molecule has 0 radical (unpaired) electrons. The molecule has 0 aliphatic heterocycles. The van der Waals surface area contributed by atoms with Gasteiger partial charge in [0.2, 0.25) is 0 Å². The Bertz CT molecular complexity index is 865. The van der Waals surface area contributed by atoms with Crippen molar-refractivity contribution in [3.05, 3.63) is 65.6 Å². The van der Waals surface area contributed by atoms with Gasteiger partial charge in [-0.1, -0.05) is 5.21 Å². The van der Waals surface area contributed by atoms with Crippen LogP contribution in [0.2, 0.25) is 0 Å². The smallest absolute Gasteiger partial charge is 0.358 e. The molecule has 1 aromatic carbocycles. The fraction of sp³-hybridized carbons (Fsp3) is 0.0667. The van der Waals surface area contributed by atoms with Crippen LogP contribution < -0.4 is 0 Å². The van der Waals surface area contributed by atoms with Gasteiger partial charge in [-0.25, -0.2) is 18.3 Å². The van der Waals surface area contributed by atoms with Gasteiger partial charge in [0, 0.05) is 23.5 Å². The number of carbonyl (C=O) groups is 1. The summed E-state index contributed by atoms with van der Waals surface area (Å²) in [5, 5.41) is 16.6. The van der Waals surface area contributed by atoms with Crippen molar-refractivity contribution >= 4 is 5.97 Å². The summed E-state index contributed by atoms with van der Waals surface area (Å²) in [6, 6.07) is 6.22. The molecule has 6 nitrogen and oxygen atoms in total. The van der Waals surface area contributed by atoms with Crippen molar-refractivity contribution in [3.63, 3.8) is 0 Å². The SMILES string of the molecule is O=C(O)c1nnn(Cc2cc(F)ccc2F)c1-c1ccncc1. The Labute approximate surface area is 129 Å². The van der Waals surface area contributed by atoms with Crippen LogP contribution in [0.15, 0.2) is 42.7 Å². The van der Waals surface area contributed by atoms with Crippen molar-refractivity contribution < 1.29 is 18.7 Å². The summed E-state index contributed by atoms with van der Waals surface area (Å²) in [6.45, 7) is -0.151. The number of carboxylic acid groups (broad SMARTS) is 1. The van der Waals surface area contributed by atoms with Gasteiger partial charge in [0.05, 0.1) is 6.54 Å². The van der Waals surface area contributed by atoms with Gasteiger partial charge in [0.15, 0.2) is 5.69 Å². The van der Waals surface area contributed by atoms with Crippen LogP contribution in [-0.2, 0) is 6.54 Å². The molecule has 23 heavy (non-hydrogen) atoms. The predicted molar refractivity (Wildman–Crippen MR) is 75.7 cm³/mol. The average molecular weight is 316 g/mol. The Morgan fingerprint density at radius 1 is 1.17 bits per heavy atom. The number of hydrogen-bond donors (Lipinski definition) is 1. The van der Waals surface area contributed by atoms with E-state index in [0.29, 0.717) is 5.56 Å². The molecule has 2 heterocycles. The van der Waals surface area contributed by atoms with E-state index >= 15 is 0 Å². The number of benzene rings is 1. The second-order valence-corrected chi connectivity index (χ2v) is 4.72. The van der Waals surface area contributed by atoms with Crippen molar-refractivity contribution in [1.29, 1.82) is 0 Å². The van der Waals surface area contributed by atoms with Gasteiger partial charge in [0.25, 0.3) is 0 Å². The Kier molecular flexibility index (Phi) is 3.80. The molecule has 0 fully saturated rings. The Hall–Kier alpha value is -3.16. The first kappa shape index (κ1) is 14.8.